The summed E-state index contributed by atoms with van der Waals surface area (Å²) >= 11 is 0. The van der Waals surface area contributed by atoms with Gasteiger partial charge in [0.2, 0.25) is 0 Å². The maximum atomic E-state index is 2.28. The Morgan fingerprint density at radius 3 is 2.25 bits per heavy atom. The van der Waals surface area contributed by atoms with Crippen LogP contribution in [0, 0.1) is 0 Å². The van der Waals surface area contributed by atoms with E-state index in [-0.39, 0.29) is 0 Å². The molecule has 0 aliphatic heterocycles. The zero-order valence-corrected chi connectivity index (χ0v) is 10.5. The van der Waals surface area contributed by atoms with Crippen LogP contribution in [-0.4, -0.2) is 7.05 Å². The SMILES string of the molecule is CC.CN(C1=CCCC=C1)c1ccccc1. The smallest absolute Gasteiger partial charge is 0.0407 e. The first-order valence-corrected chi connectivity index (χ1v) is 6.03. The van der Waals surface area contributed by atoms with E-state index in [1.54, 1.807) is 0 Å². The first kappa shape index (κ1) is 12.6. The predicted octanol–water partition coefficient (Wildman–Crippen LogP) is 4.38. The first-order valence-electron chi connectivity index (χ1n) is 6.03. The van der Waals surface area contributed by atoms with Crippen LogP contribution in [-0.2, 0) is 0 Å². The number of para-hydroxylation sites is 1. The molecule has 1 heteroatoms. The van der Waals surface area contributed by atoms with Gasteiger partial charge in [0.1, 0.15) is 0 Å². The maximum absolute atomic E-state index is 2.28. The summed E-state index contributed by atoms with van der Waals surface area (Å²) in [5.74, 6) is 0. The second kappa shape index (κ2) is 6.89. The molecule has 0 spiro atoms. The van der Waals surface area contributed by atoms with Crippen molar-refractivity contribution < 1.29 is 0 Å². The van der Waals surface area contributed by atoms with Crippen molar-refractivity contribution in [2.24, 2.45) is 0 Å². The lowest BCUT2D eigenvalue weighted by Gasteiger charge is -2.22. The number of nitrogens with zero attached hydrogens (tertiary/aromatic N) is 1. The van der Waals surface area contributed by atoms with Crippen LogP contribution in [0.1, 0.15) is 26.7 Å². The number of likely N-dealkylation sites (N-methyl/N-ethyl adjacent to an activating group) is 1. The van der Waals surface area contributed by atoms with Gasteiger partial charge in [0.25, 0.3) is 0 Å². The van der Waals surface area contributed by atoms with E-state index in [2.05, 4.69) is 54.4 Å². The monoisotopic (exact) mass is 215 g/mol. The zero-order chi connectivity index (χ0) is 11.8. The molecular formula is C15H21N. The molecule has 0 atom stereocenters. The lowest BCUT2D eigenvalue weighted by atomic mass is 10.1. The van der Waals surface area contributed by atoms with Gasteiger partial charge in [-0.2, -0.15) is 0 Å². The number of anilines is 1. The quantitative estimate of drug-likeness (QED) is 0.707. The van der Waals surface area contributed by atoms with Gasteiger partial charge in [-0.15, -0.1) is 0 Å². The van der Waals surface area contributed by atoms with E-state index in [9.17, 15) is 0 Å². The van der Waals surface area contributed by atoms with Crippen molar-refractivity contribution in [2.45, 2.75) is 26.7 Å². The highest BCUT2D eigenvalue weighted by Crippen LogP contribution is 2.20. The second-order valence-corrected chi connectivity index (χ2v) is 3.50. The second-order valence-electron chi connectivity index (χ2n) is 3.50. The zero-order valence-electron chi connectivity index (χ0n) is 10.5. The Bertz CT molecular complexity index is 349. The molecule has 0 N–H and O–H groups in total. The van der Waals surface area contributed by atoms with Crippen molar-refractivity contribution in [3.63, 3.8) is 0 Å². The van der Waals surface area contributed by atoms with Crippen molar-refractivity contribution in [1.29, 1.82) is 0 Å². The molecule has 0 aromatic heterocycles. The average molecular weight is 215 g/mol. The minimum absolute atomic E-state index is 1.16. The molecule has 0 saturated carbocycles. The predicted molar refractivity (Wildman–Crippen MR) is 72.7 cm³/mol. The normalized spacial score (nSPS) is 13.6. The largest absolute Gasteiger partial charge is 0.345 e. The molecule has 1 aromatic carbocycles. The fraction of sp³-hybridized carbons (Fsp3) is 0.333. The van der Waals surface area contributed by atoms with Gasteiger partial charge in [-0.05, 0) is 31.1 Å². The Morgan fingerprint density at radius 1 is 1.00 bits per heavy atom. The van der Waals surface area contributed by atoms with Gasteiger partial charge in [-0.25, -0.2) is 0 Å². The van der Waals surface area contributed by atoms with Gasteiger partial charge < -0.3 is 4.90 Å². The van der Waals surface area contributed by atoms with Crippen molar-refractivity contribution >= 4 is 5.69 Å². The molecular weight excluding hydrogens is 194 g/mol. The first-order chi connectivity index (χ1) is 7.88. The van der Waals surface area contributed by atoms with Crippen LogP contribution < -0.4 is 4.90 Å². The molecule has 86 valence electrons. The highest BCUT2D eigenvalue weighted by Gasteiger charge is 2.04. The van der Waals surface area contributed by atoms with Crippen molar-refractivity contribution in [3.8, 4) is 0 Å². The summed E-state index contributed by atoms with van der Waals surface area (Å²) in [6.45, 7) is 4.00. The summed E-state index contributed by atoms with van der Waals surface area (Å²) in [6, 6.07) is 10.4. The average Bonchev–Trinajstić information content (AvgIpc) is 2.42. The van der Waals surface area contributed by atoms with Crippen LogP contribution in [0.2, 0.25) is 0 Å². The standard InChI is InChI=1S/C13H15N.C2H6/c1-14(12-8-4-2-5-9-12)13-10-6-3-7-11-13;1-2/h2,4-6,8-11H,3,7H2,1H3;1-2H3. The molecule has 1 aliphatic carbocycles. The van der Waals surface area contributed by atoms with Crippen molar-refractivity contribution in [3.05, 3.63) is 54.3 Å². The van der Waals surface area contributed by atoms with Crippen LogP contribution in [0.4, 0.5) is 5.69 Å². The van der Waals surface area contributed by atoms with Crippen molar-refractivity contribution in [1.82, 2.24) is 0 Å². The van der Waals surface area contributed by atoms with E-state index in [4.69, 9.17) is 0 Å². The molecule has 0 bridgehead atoms. The Hall–Kier alpha value is -1.50. The van der Waals surface area contributed by atoms with Crippen molar-refractivity contribution in [2.75, 3.05) is 11.9 Å². The molecule has 0 heterocycles. The highest BCUT2D eigenvalue weighted by atomic mass is 15.1. The van der Waals surface area contributed by atoms with E-state index >= 15 is 0 Å². The summed E-state index contributed by atoms with van der Waals surface area (Å²) in [6.07, 6.45) is 9.04. The number of hydrogen-bond acceptors (Lipinski definition) is 1. The third-order valence-corrected chi connectivity index (χ3v) is 2.51. The van der Waals surface area contributed by atoms with E-state index < -0.39 is 0 Å². The van der Waals surface area contributed by atoms with Crippen LogP contribution >= 0.6 is 0 Å². The molecule has 0 fully saturated rings. The minimum Gasteiger partial charge on any atom is -0.345 e. The topological polar surface area (TPSA) is 3.24 Å². The van der Waals surface area contributed by atoms with Crippen LogP contribution in [0.5, 0.6) is 0 Å². The van der Waals surface area contributed by atoms with E-state index in [0.717, 1.165) is 6.42 Å². The maximum Gasteiger partial charge on any atom is 0.0407 e. The summed E-state index contributed by atoms with van der Waals surface area (Å²) in [7, 11) is 2.11. The number of allylic oxidation sites excluding steroid dienone is 3. The molecule has 1 aliphatic rings. The summed E-state index contributed by atoms with van der Waals surface area (Å²) in [5.41, 5.74) is 2.53. The van der Waals surface area contributed by atoms with Crippen LogP contribution in [0.15, 0.2) is 54.3 Å². The third-order valence-electron chi connectivity index (χ3n) is 2.51. The highest BCUT2D eigenvalue weighted by molar-refractivity contribution is 5.53. The summed E-state index contributed by atoms with van der Waals surface area (Å²) in [5, 5.41) is 0. The van der Waals surface area contributed by atoms with E-state index in [1.807, 2.05) is 19.9 Å². The molecule has 16 heavy (non-hydrogen) atoms. The third kappa shape index (κ3) is 3.27. The van der Waals surface area contributed by atoms with Gasteiger partial charge in [0.05, 0.1) is 0 Å². The summed E-state index contributed by atoms with van der Waals surface area (Å²) < 4.78 is 0. The fourth-order valence-electron chi connectivity index (χ4n) is 1.65. The Labute approximate surface area is 99.1 Å². The van der Waals surface area contributed by atoms with Gasteiger partial charge in [0, 0.05) is 18.4 Å². The summed E-state index contributed by atoms with van der Waals surface area (Å²) in [4.78, 5) is 2.22. The Kier molecular flexibility index (Phi) is 5.41. The van der Waals surface area contributed by atoms with E-state index in [0.29, 0.717) is 0 Å². The molecule has 0 unspecified atom stereocenters. The van der Waals surface area contributed by atoms with Gasteiger partial charge in [-0.3, -0.25) is 0 Å². The lowest BCUT2D eigenvalue weighted by Crippen LogP contribution is -2.15. The molecule has 0 saturated heterocycles. The van der Waals surface area contributed by atoms with Crippen LogP contribution in [0.25, 0.3) is 0 Å². The molecule has 0 amide bonds. The number of hydrogen-bond donors (Lipinski definition) is 0. The van der Waals surface area contributed by atoms with Gasteiger partial charge in [-0.1, -0.05) is 44.2 Å². The molecule has 1 nitrogen and oxygen atoms in total. The lowest BCUT2D eigenvalue weighted by molar-refractivity contribution is 0.984. The van der Waals surface area contributed by atoms with Gasteiger partial charge in [0.15, 0.2) is 0 Å². The van der Waals surface area contributed by atoms with E-state index in [1.165, 1.54) is 17.8 Å². The Balaban J connectivity index is 0.000000606. The number of rotatable bonds is 2. The van der Waals surface area contributed by atoms with Crippen LogP contribution in [0.3, 0.4) is 0 Å². The molecule has 1 aromatic rings. The fourth-order valence-corrected chi connectivity index (χ4v) is 1.65. The number of benzene rings is 1. The minimum atomic E-state index is 1.16. The molecule has 0 radical (unpaired) electrons. The molecule has 2 rings (SSSR count). The van der Waals surface area contributed by atoms with Gasteiger partial charge >= 0.3 is 0 Å². The Morgan fingerprint density at radius 2 is 1.69 bits per heavy atom.